The molecule has 3 aliphatic rings. The van der Waals surface area contributed by atoms with Crippen molar-refractivity contribution in [3.8, 4) is 0 Å². The Morgan fingerprint density at radius 3 is 2.33 bits per heavy atom. The van der Waals surface area contributed by atoms with Crippen LogP contribution >= 0.6 is 0 Å². The Balaban J connectivity index is 1.55. The summed E-state index contributed by atoms with van der Waals surface area (Å²) >= 11 is 0. The number of carbonyl (C=O) groups excluding carboxylic acids is 3. The van der Waals surface area contributed by atoms with Crippen LogP contribution in [0.5, 0.6) is 0 Å². The summed E-state index contributed by atoms with van der Waals surface area (Å²) in [4.78, 5) is 39.9. The van der Waals surface area contributed by atoms with Crippen LogP contribution in [0.4, 0.5) is 0 Å². The molecule has 4 rings (SSSR count). The fourth-order valence-corrected chi connectivity index (χ4v) is 4.10. The molecule has 0 bridgehead atoms. The second-order valence-electron chi connectivity index (χ2n) is 6.98. The Bertz CT molecular complexity index is 716. The van der Waals surface area contributed by atoms with Crippen LogP contribution in [-0.2, 0) is 0 Å². The normalized spacial score (nSPS) is 26.4. The van der Waals surface area contributed by atoms with Crippen molar-refractivity contribution in [3.63, 3.8) is 0 Å². The molecule has 3 amide bonds. The minimum Gasteiger partial charge on any atom is -0.339 e. The summed E-state index contributed by atoms with van der Waals surface area (Å²) in [6.07, 6.45) is 2.04. The average molecular weight is 327 g/mol. The molecule has 1 N–H and O–H groups in total. The van der Waals surface area contributed by atoms with Gasteiger partial charge in [-0.15, -0.1) is 0 Å². The van der Waals surface area contributed by atoms with Crippen molar-refractivity contribution in [1.29, 1.82) is 0 Å². The first-order valence-electron chi connectivity index (χ1n) is 8.52. The van der Waals surface area contributed by atoms with Crippen LogP contribution in [0.1, 0.15) is 43.9 Å². The summed E-state index contributed by atoms with van der Waals surface area (Å²) in [6.45, 7) is 3.61. The maximum atomic E-state index is 12.8. The number of benzene rings is 1. The molecule has 0 aromatic heterocycles. The van der Waals surface area contributed by atoms with Crippen LogP contribution in [0, 0.1) is 11.8 Å². The SMILES string of the molecule is CN1C(=O)c2ccc(C(=O)N3CC[C@@H]4CNC[C@@H]4CC3)cc2C1=O. The van der Waals surface area contributed by atoms with Crippen molar-refractivity contribution in [2.24, 2.45) is 11.8 Å². The predicted octanol–water partition coefficient (Wildman–Crippen LogP) is 0.984. The Morgan fingerprint density at radius 2 is 1.67 bits per heavy atom. The van der Waals surface area contributed by atoms with Crippen LogP contribution in [0.15, 0.2) is 18.2 Å². The summed E-state index contributed by atoms with van der Waals surface area (Å²) < 4.78 is 0. The molecule has 1 aromatic carbocycles. The van der Waals surface area contributed by atoms with E-state index in [1.807, 2.05) is 4.90 Å². The number of hydrogen-bond donors (Lipinski definition) is 1. The Kier molecular flexibility index (Phi) is 3.64. The third-order valence-electron chi connectivity index (χ3n) is 5.64. The van der Waals surface area contributed by atoms with Gasteiger partial charge < -0.3 is 10.2 Å². The van der Waals surface area contributed by atoms with Crippen LogP contribution in [0.3, 0.4) is 0 Å². The lowest BCUT2D eigenvalue weighted by molar-refractivity contribution is 0.0692. The fourth-order valence-electron chi connectivity index (χ4n) is 4.10. The molecule has 0 radical (unpaired) electrons. The maximum Gasteiger partial charge on any atom is 0.261 e. The number of nitrogens with zero attached hydrogens (tertiary/aromatic N) is 2. The van der Waals surface area contributed by atoms with Crippen molar-refractivity contribution in [2.45, 2.75) is 12.8 Å². The predicted molar refractivity (Wildman–Crippen MR) is 87.9 cm³/mol. The number of hydrogen-bond acceptors (Lipinski definition) is 4. The first kappa shape index (κ1) is 15.3. The molecule has 1 aromatic rings. The second kappa shape index (κ2) is 5.70. The molecule has 6 nitrogen and oxygen atoms in total. The van der Waals surface area contributed by atoms with E-state index in [0.29, 0.717) is 28.5 Å². The summed E-state index contributed by atoms with van der Waals surface area (Å²) in [5.74, 6) is 0.650. The molecular formula is C18H21N3O3. The van der Waals surface area contributed by atoms with E-state index in [9.17, 15) is 14.4 Å². The van der Waals surface area contributed by atoms with Gasteiger partial charge in [-0.3, -0.25) is 19.3 Å². The van der Waals surface area contributed by atoms with Gasteiger partial charge in [-0.1, -0.05) is 0 Å². The van der Waals surface area contributed by atoms with E-state index < -0.39 is 0 Å². The topological polar surface area (TPSA) is 69.7 Å². The van der Waals surface area contributed by atoms with E-state index >= 15 is 0 Å². The van der Waals surface area contributed by atoms with Gasteiger partial charge in [-0.2, -0.15) is 0 Å². The zero-order valence-corrected chi connectivity index (χ0v) is 13.7. The molecule has 2 saturated heterocycles. The van der Waals surface area contributed by atoms with Crippen molar-refractivity contribution < 1.29 is 14.4 Å². The Labute approximate surface area is 140 Å². The van der Waals surface area contributed by atoms with Gasteiger partial charge in [0.05, 0.1) is 11.1 Å². The molecule has 2 atom stereocenters. The first-order chi connectivity index (χ1) is 11.6. The van der Waals surface area contributed by atoms with Crippen LogP contribution in [-0.4, -0.2) is 60.7 Å². The number of rotatable bonds is 1. The average Bonchev–Trinajstić information content (AvgIpc) is 3.06. The number of amides is 3. The quantitative estimate of drug-likeness (QED) is 0.781. The number of carbonyl (C=O) groups is 3. The molecule has 3 heterocycles. The van der Waals surface area contributed by atoms with Gasteiger partial charge in [0.1, 0.15) is 0 Å². The highest BCUT2D eigenvalue weighted by Crippen LogP contribution is 2.28. The fraction of sp³-hybridized carbons (Fsp3) is 0.500. The lowest BCUT2D eigenvalue weighted by atomic mass is 9.92. The smallest absolute Gasteiger partial charge is 0.261 e. The molecule has 0 aliphatic carbocycles. The van der Waals surface area contributed by atoms with Gasteiger partial charge in [0, 0.05) is 25.7 Å². The standard InChI is InChI=1S/C18H21N3O3/c1-20-17(23)14-3-2-11(8-15(14)18(20)24)16(22)21-6-4-12-9-19-10-13(12)5-7-21/h2-3,8,12-13,19H,4-7,9-10H2,1H3/t12-,13+. The Morgan fingerprint density at radius 1 is 1.04 bits per heavy atom. The first-order valence-corrected chi connectivity index (χ1v) is 8.52. The number of nitrogens with one attached hydrogen (secondary N) is 1. The number of likely N-dealkylation sites (tertiary alicyclic amines) is 1. The van der Waals surface area contributed by atoms with Gasteiger partial charge in [0.2, 0.25) is 0 Å². The minimum absolute atomic E-state index is 0.0412. The van der Waals surface area contributed by atoms with E-state index in [1.54, 1.807) is 18.2 Å². The Hall–Kier alpha value is -2.21. The highest BCUT2D eigenvalue weighted by atomic mass is 16.2. The molecule has 24 heavy (non-hydrogen) atoms. The molecule has 126 valence electrons. The maximum absolute atomic E-state index is 12.8. The summed E-state index contributed by atoms with van der Waals surface area (Å²) in [7, 11) is 1.47. The van der Waals surface area contributed by atoms with E-state index in [2.05, 4.69) is 5.32 Å². The largest absolute Gasteiger partial charge is 0.339 e. The third kappa shape index (κ3) is 2.33. The zero-order chi connectivity index (χ0) is 16.8. The van der Waals surface area contributed by atoms with Crippen molar-refractivity contribution in [3.05, 3.63) is 34.9 Å². The monoisotopic (exact) mass is 327 g/mol. The van der Waals surface area contributed by atoms with Gasteiger partial charge in [0.15, 0.2) is 0 Å². The molecule has 0 saturated carbocycles. The summed E-state index contributed by atoms with van der Waals surface area (Å²) in [6, 6.07) is 4.84. The highest BCUT2D eigenvalue weighted by Gasteiger charge is 2.35. The molecule has 2 fully saturated rings. The highest BCUT2D eigenvalue weighted by molar-refractivity contribution is 6.21. The minimum atomic E-state index is -0.332. The van der Waals surface area contributed by atoms with Crippen LogP contribution in [0.25, 0.3) is 0 Å². The van der Waals surface area contributed by atoms with E-state index in [-0.39, 0.29) is 17.7 Å². The third-order valence-corrected chi connectivity index (χ3v) is 5.64. The van der Waals surface area contributed by atoms with Crippen molar-refractivity contribution >= 4 is 17.7 Å². The van der Waals surface area contributed by atoms with Gasteiger partial charge >= 0.3 is 0 Å². The molecule has 0 spiro atoms. The van der Waals surface area contributed by atoms with Gasteiger partial charge in [0.25, 0.3) is 17.7 Å². The second-order valence-corrected chi connectivity index (χ2v) is 6.98. The van der Waals surface area contributed by atoms with Crippen LogP contribution < -0.4 is 5.32 Å². The van der Waals surface area contributed by atoms with Gasteiger partial charge in [-0.25, -0.2) is 0 Å². The lowest BCUT2D eigenvalue weighted by Gasteiger charge is -2.21. The number of imide groups is 1. The van der Waals surface area contributed by atoms with E-state index in [4.69, 9.17) is 0 Å². The molecular weight excluding hydrogens is 306 g/mol. The van der Waals surface area contributed by atoms with Gasteiger partial charge in [-0.05, 0) is 56.0 Å². The lowest BCUT2D eigenvalue weighted by Crippen LogP contribution is -2.32. The molecule has 6 heteroatoms. The molecule has 3 aliphatic heterocycles. The summed E-state index contributed by atoms with van der Waals surface area (Å²) in [5, 5.41) is 3.43. The number of fused-ring (bicyclic) bond motifs is 2. The van der Waals surface area contributed by atoms with Crippen LogP contribution in [0.2, 0.25) is 0 Å². The van der Waals surface area contributed by atoms with Crippen molar-refractivity contribution in [2.75, 3.05) is 33.2 Å². The van der Waals surface area contributed by atoms with E-state index in [1.165, 1.54) is 7.05 Å². The zero-order valence-electron chi connectivity index (χ0n) is 13.7. The molecule has 0 unspecified atom stereocenters. The van der Waals surface area contributed by atoms with E-state index in [0.717, 1.165) is 43.9 Å². The summed E-state index contributed by atoms with van der Waals surface area (Å²) in [5.41, 5.74) is 1.22. The van der Waals surface area contributed by atoms with Crippen molar-refractivity contribution in [1.82, 2.24) is 15.1 Å².